The topological polar surface area (TPSA) is 59.0 Å². The van der Waals surface area contributed by atoms with Gasteiger partial charge in [-0.05, 0) is 48.0 Å². The summed E-state index contributed by atoms with van der Waals surface area (Å²) < 4.78 is 15.6. The first-order chi connectivity index (χ1) is 15.1. The van der Waals surface area contributed by atoms with E-state index in [1.54, 1.807) is 12.3 Å². The number of carbonyl (C=O) groups is 1. The number of hydrogen-bond acceptors (Lipinski definition) is 3. The molecule has 0 atom stereocenters. The Morgan fingerprint density at radius 2 is 1.81 bits per heavy atom. The normalized spacial score (nSPS) is 14.2. The summed E-state index contributed by atoms with van der Waals surface area (Å²) in [6.07, 6.45) is 3.66. The lowest BCUT2D eigenvalue weighted by atomic mass is 10.00. The Bertz CT molecular complexity index is 1310. The lowest BCUT2D eigenvalue weighted by Crippen LogP contribution is -2.10. The molecule has 0 spiro atoms. The average molecular weight is 410 g/mol. The van der Waals surface area contributed by atoms with E-state index < -0.39 is 0 Å². The molecule has 1 aliphatic rings. The fourth-order valence-electron chi connectivity index (χ4n) is 3.77. The summed E-state index contributed by atoms with van der Waals surface area (Å²) in [7, 11) is 1.95. The van der Waals surface area contributed by atoms with Gasteiger partial charge in [0.25, 0.3) is 5.91 Å². The van der Waals surface area contributed by atoms with Crippen molar-refractivity contribution in [2.75, 3.05) is 10.6 Å². The highest BCUT2D eigenvalue weighted by molar-refractivity contribution is 6.37. The first kappa shape index (κ1) is 18.8. The SMILES string of the molecule is Cn1ccnc1-c1ccc(N/C(=C2\C(=O)Nc3cc(F)ccc32)c2ccccc2)cc1. The van der Waals surface area contributed by atoms with Crippen LogP contribution in [0.5, 0.6) is 0 Å². The van der Waals surface area contributed by atoms with E-state index in [1.807, 2.05) is 72.4 Å². The van der Waals surface area contributed by atoms with Crippen molar-refractivity contribution in [3.05, 3.63) is 102 Å². The highest BCUT2D eigenvalue weighted by Gasteiger charge is 2.28. The van der Waals surface area contributed by atoms with Crippen molar-refractivity contribution >= 4 is 28.6 Å². The highest BCUT2D eigenvalue weighted by atomic mass is 19.1. The van der Waals surface area contributed by atoms with Crippen molar-refractivity contribution in [2.24, 2.45) is 7.05 Å². The molecule has 31 heavy (non-hydrogen) atoms. The number of halogens is 1. The van der Waals surface area contributed by atoms with Gasteiger partial charge in [-0.2, -0.15) is 0 Å². The molecular formula is C25H19FN4O. The number of aromatic nitrogens is 2. The fraction of sp³-hybridized carbons (Fsp3) is 0.0400. The summed E-state index contributed by atoms with van der Waals surface area (Å²) in [6.45, 7) is 0. The van der Waals surface area contributed by atoms with Crippen molar-refractivity contribution in [1.29, 1.82) is 0 Å². The van der Waals surface area contributed by atoms with Gasteiger partial charge in [-0.15, -0.1) is 0 Å². The molecule has 2 N–H and O–H groups in total. The minimum Gasteiger partial charge on any atom is -0.354 e. The van der Waals surface area contributed by atoms with Crippen LogP contribution in [0.25, 0.3) is 22.7 Å². The second-order valence-corrected chi connectivity index (χ2v) is 7.32. The summed E-state index contributed by atoms with van der Waals surface area (Å²) in [6, 6.07) is 21.8. The molecule has 5 rings (SSSR count). The highest BCUT2D eigenvalue weighted by Crippen LogP contribution is 2.38. The smallest absolute Gasteiger partial charge is 0.258 e. The molecule has 4 aromatic rings. The predicted octanol–water partition coefficient (Wildman–Crippen LogP) is 5.16. The van der Waals surface area contributed by atoms with Crippen molar-refractivity contribution in [3.63, 3.8) is 0 Å². The van der Waals surface area contributed by atoms with Gasteiger partial charge in [-0.25, -0.2) is 9.37 Å². The summed E-state index contributed by atoms with van der Waals surface area (Å²) >= 11 is 0. The number of fused-ring (bicyclic) bond motifs is 1. The second kappa shape index (κ2) is 7.57. The van der Waals surface area contributed by atoms with E-state index in [-0.39, 0.29) is 11.7 Å². The van der Waals surface area contributed by atoms with Crippen LogP contribution in [0.4, 0.5) is 15.8 Å². The van der Waals surface area contributed by atoms with Gasteiger partial charge < -0.3 is 15.2 Å². The van der Waals surface area contributed by atoms with Gasteiger partial charge in [0.15, 0.2) is 0 Å². The molecule has 5 nitrogen and oxygen atoms in total. The van der Waals surface area contributed by atoms with E-state index in [0.29, 0.717) is 22.5 Å². The molecular weight excluding hydrogens is 391 g/mol. The number of anilines is 2. The average Bonchev–Trinajstić information content (AvgIpc) is 3.35. The minimum absolute atomic E-state index is 0.267. The maximum Gasteiger partial charge on any atom is 0.258 e. The Kier molecular flexibility index (Phi) is 4.59. The lowest BCUT2D eigenvalue weighted by Gasteiger charge is -2.15. The number of benzene rings is 3. The van der Waals surface area contributed by atoms with E-state index in [0.717, 1.165) is 22.6 Å². The van der Waals surface area contributed by atoms with Crippen LogP contribution in [0.15, 0.2) is 85.2 Å². The lowest BCUT2D eigenvalue weighted by molar-refractivity contribution is -0.110. The molecule has 3 aromatic carbocycles. The van der Waals surface area contributed by atoms with E-state index >= 15 is 0 Å². The van der Waals surface area contributed by atoms with Crippen LogP contribution >= 0.6 is 0 Å². The zero-order chi connectivity index (χ0) is 21.4. The van der Waals surface area contributed by atoms with Gasteiger partial charge in [0, 0.05) is 36.3 Å². The van der Waals surface area contributed by atoms with Gasteiger partial charge >= 0.3 is 0 Å². The van der Waals surface area contributed by atoms with Crippen molar-refractivity contribution in [3.8, 4) is 11.4 Å². The molecule has 0 radical (unpaired) electrons. The number of rotatable bonds is 4. The summed E-state index contributed by atoms with van der Waals surface area (Å²) in [5.74, 6) is 0.218. The molecule has 0 unspecified atom stereocenters. The molecule has 1 amide bonds. The number of aryl methyl sites for hydroxylation is 1. The molecule has 2 heterocycles. The van der Waals surface area contributed by atoms with Crippen molar-refractivity contribution in [2.45, 2.75) is 0 Å². The third-order valence-electron chi connectivity index (χ3n) is 5.27. The van der Waals surface area contributed by atoms with Gasteiger partial charge in [-0.1, -0.05) is 30.3 Å². The van der Waals surface area contributed by atoms with Gasteiger partial charge in [0.2, 0.25) is 0 Å². The second-order valence-electron chi connectivity index (χ2n) is 7.32. The van der Waals surface area contributed by atoms with Gasteiger partial charge in [0.05, 0.1) is 17.0 Å². The van der Waals surface area contributed by atoms with Crippen LogP contribution in [-0.4, -0.2) is 15.5 Å². The molecule has 0 saturated heterocycles. The zero-order valence-corrected chi connectivity index (χ0v) is 16.8. The molecule has 0 saturated carbocycles. The maximum atomic E-state index is 13.7. The molecule has 1 aromatic heterocycles. The van der Waals surface area contributed by atoms with Crippen LogP contribution in [0.2, 0.25) is 0 Å². The van der Waals surface area contributed by atoms with Crippen molar-refractivity contribution in [1.82, 2.24) is 9.55 Å². The molecule has 6 heteroatoms. The number of hydrogen-bond donors (Lipinski definition) is 2. The van der Waals surface area contributed by atoms with Crippen LogP contribution in [0.1, 0.15) is 11.1 Å². The fourth-order valence-corrected chi connectivity index (χ4v) is 3.77. The zero-order valence-electron chi connectivity index (χ0n) is 16.8. The van der Waals surface area contributed by atoms with Crippen molar-refractivity contribution < 1.29 is 9.18 Å². The third kappa shape index (κ3) is 3.48. The summed E-state index contributed by atoms with van der Waals surface area (Å²) in [4.78, 5) is 17.2. The van der Waals surface area contributed by atoms with E-state index in [9.17, 15) is 9.18 Å². The van der Waals surface area contributed by atoms with Gasteiger partial charge in [0.1, 0.15) is 11.6 Å². The predicted molar refractivity (Wildman–Crippen MR) is 121 cm³/mol. The van der Waals surface area contributed by atoms with Crippen LogP contribution in [-0.2, 0) is 11.8 Å². The first-order valence-electron chi connectivity index (χ1n) is 9.86. The monoisotopic (exact) mass is 410 g/mol. The Labute approximate surface area is 178 Å². The van der Waals surface area contributed by atoms with E-state index in [2.05, 4.69) is 15.6 Å². The molecule has 0 aliphatic carbocycles. The Morgan fingerprint density at radius 3 is 2.52 bits per heavy atom. The number of carbonyl (C=O) groups excluding carboxylic acids is 1. The largest absolute Gasteiger partial charge is 0.354 e. The number of imidazole rings is 1. The first-order valence-corrected chi connectivity index (χ1v) is 9.86. The number of nitrogens with zero attached hydrogens (tertiary/aromatic N) is 2. The quantitative estimate of drug-likeness (QED) is 0.457. The summed E-state index contributed by atoms with van der Waals surface area (Å²) in [5, 5.41) is 6.18. The summed E-state index contributed by atoms with van der Waals surface area (Å²) in [5.41, 5.74) is 4.96. The Balaban J connectivity index is 1.59. The Morgan fingerprint density at radius 1 is 1.03 bits per heavy atom. The Hall–Kier alpha value is -4.19. The number of nitrogens with one attached hydrogen (secondary N) is 2. The van der Waals surface area contributed by atoms with Crippen LogP contribution in [0, 0.1) is 5.82 Å². The number of amides is 1. The minimum atomic E-state index is -0.389. The molecule has 1 aliphatic heterocycles. The van der Waals surface area contributed by atoms with E-state index in [4.69, 9.17) is 0 Å². The maximum absolute atomic E-state index is 13.7. The van der Waals surface area contributed by atoms with Gasteiger partial charge in [-0.3, -0.25) is 4.79 Å². The molecule has 0 bridgehead atoms. The molecule has 0 fully saturated rings. The van der Waals surface area contributed by atoms with E-state index in [1.165, 1.54) is 12.1 Å². The molecule has 152 valence electrons. The van der Waals surface area contributed by atoms with Crippen LogP contribution < -0.4 is 10.6 Å². The third-order valence-corrected chi connectivity index (χ3v) is 5.27. The van der Waals surface area contributed by atoms with Crippen LogP contribution in [0.3, 0.4) is 0 Å². The standard InChI is InChI=1S/C25H19FN4O/c1-30-14-13-27-24(30)17-7-10-19(11-8-17)28-23(16-5-3-2-4-6-16)22-20-12-9-18(26)15-21(20)29-25(22)31/h2-15,28H,1H3,(H,29,31)/b23-22-.